The molecule has 0 fully saturated rings. The van der Waals surface area contributed by atoms with Crippen molar-refractivity contribution in [1.29, 1.82) is 0 Å². The summed E-state index contributed by atoms with van der Waals surface area (Å²) >= 11 is 1.79. The first-order chi connectivity index (χ1) is 25.7. The third kappa shape index (κ3) is 4.57. The lowest BCUT2D eigenvalue weighted by Crippen LogP contribution is -2.01. The summed E-state index contributed by atoms with van der Waals surface area (Å²) < 4.78 is 9.16. The van der Waals surface area contributed by atoms with Gasteiger partial charge in [-0.1, -0.05) is 121 Å². The van der Waals surface area contributed by atoms with Crippen LogP contribution >= 0.6 is 11.3 Å². The van der Waals surface area contributed by atoms with Crippen LogP contribution in [0.5, 0.6) is 0 Å². The number of aromatic nitrogens is 3. The third-order valence-electron chi connectivity index (χ3n) is 10.1. The van der Waals surface area contributed by atoms with Gasteiger partial charge in [-0.3, -0.25) is 0 Å². The van der Waals surface area contributed by atoms with Crippen LogP contribution in [0.15, 0.2) is 168 Å². The van der Waals surface area contributed by atoms with Gasteiger partial charge in [0.1, 0.15) is 11.2 Å². The molecule has 5 heteroatoms. The molecule has 52 heavy (non-hydrogen) atoms. The molecule has 11 aromatic rings. The van der Waals surface area contributed by atoms with Gasteiger partial charge < -0.3 is 4.42 Å². The molecule has 0 radical (unpaired) electrons. The minimum absolute atomic E-state index is 0.603. The van der Waals surface area contributed by atoms with Gasteiger partial charge >= 0.3 is 0 Å². The van der Waals surface area contributed by atoms with E-state index in [4.69, 9.17) is 19.4 Å². The first-order valence-electron chi connectivity index (χ1n) is 17.3. The van der Waals surface area contributed by atoms with E-state index < -0.39 is 0 Å². The van der Waals surface area contributed by atoms with Gasteiger partial charge in [0.05, 0.1) is 0 Å². The second-order valence-electron chi connectivity index (χ2n) is 13.2. The maximum absolute atomic E-state index is 6.72. The van der Waals surface area contributed by atoms with E-state index in [0.29, 0.717) is 17.5 Å². The van der Waals surface area contributed by atoms with Gasteiger partial charge in [-0.2, -0.15) is 0 Å². The van der Waals surface area contributed by atoms with Gasteiger partial charge in [0, 0.05) is 53.2 Å². The summed E-state index contributed by atoms with van der Waals surface area (Å²) in [7, 11) is 0. The van der Waals surface area contributed by atoms with Gasteiger partial charge in [-0.15, -0.1) is 11.3 Å². The summed E-state index contributed by atoms with van der Waals surface area (Å²) in [5.41, 5.74) is 6.59. The minimum atomic E-state index is 0.603. The molecule has 0 saturated carbocycles. The summed E-state index contributed by atoms with van der Waals surface area (Å²) in [6.07, 6.45) is 0. The topological polar surface area (TPSA) is 51.8 Å². The minimum Gasteiger partial charge on any atom is -0.455 e. The lowest BCUT2D eigenvalue weighted by Gasteiger charge is -2.12. The summed E-state index contributed by atoms with van der Waals surface area (Å²) in [6.45, 7) is 0. The van der Waals surface area contributed by atoms with Crippen molar-refractivity contribution < 1.29 is 4.42 Å². The maximum atomic E-state index is 6.72. The van der Waals surface area contributed by atoms with Crippen molar-refractivity contribution in [2.75, 3.05) is 0 Å². The van der Waals surface area contributed by atoms with Crippen molar-refractivity contribution in [2.24, 2.45) is 0 Å². The Kier molecular flexibility index (Phi) is 6.39. The van der Waals surface area contributed by atoms with Gasteiger partial charge in [-0.25, -0.2) is 15.0 Å². The molecule has 0 bridgehead atoms. The first kappa shape index (κ1) is 29.1. The Morgan fingerprint density at radius 3 is 1.75 bits per heavy atom. The second kappa shape index (κ2) is 11.4. The molecule has 11 rings (SSSR count). The molecular formula is C47H27N3OS. The number of fused-ring (bicyclic) bond motifs is 8. The normalized spacial score (nSPS) is 11.8. The molecule has 3 heterocycles. The van der Waals surface area contributed by atoms with Crippen LogP contribution in [0.25, 0.3) is 109 Å². The Bertz CT molecular complexity index is 3210. The van der Waals surface area contributed by atoms with E-state index >= 15 is 0 Å². The number of benzene rings is 8. The first-order valence-corrected chi connectivity index (χ1v) is 18.2. The fourth-order valence-electron chi connectivity index (χ4n) is 7.63. The van der Waals surface area contributed by atoms with Crippen LogP contribution in [-0.2, 0) is 0 Å². The molecule has 8 aromatic carbocycles. The average molecular weight is 682 g/mol. The van der Waals surface area contributed by atoms with Gasteiger partial charge in [0.15, 0.2) is 17.5 Å². The van der Waals surface area contributed by atoms with Crippen molar-refractivity contribution >= 4 is 75.0 Å². The summed E-state index contributed by atoms with van der Waals surface area (Å²) in [5, 5.41) is 9.08. The molecule has 0 saturated heterocycles. The van der Waals surface area contributed by atoms with E-state index in [1.807, 2.05) is 12.1 Å². The smallest absolute Gasteiger partial charge is 0.164 e. The zero-order valence-electron chi connectivity index (χ0n) is 27.7. The lowest BCUT2D eigenvalue weighted by molar-refractivity contribution is 0.670. The quantitative estimate of drug-likeness (QED) is 0.185. The van der Waals surface area contributed by atoms with Crippen LogP contribution in [0.2, 0.25) is 0 Å². The molecule has 3 aromatic heterocycles. The molecule has 242 valence electrons. The summed E-state index contributed by atoms with van der Waals surface area (Å²) in [4.78, 5) is 15.8. The highest BCUT2D eigenvalue weighted by molar-refractivity contribution is 7.25. The van der Waals surface area contributed by atoms with Crippen LogP contribution in [-0.4, -0.2) is 15.0 Å². The fourth-order valence-corrected chi connectivity index (χ4v) is 8.77. The van der Waals surface area contributed by atoms with Crippen molar-refractivity contribution in [3.63, 3.8) is 0 Å². The van der Waals surface area contributed by atoms with Gasteiger partial charge in [-0.05, 0) is 69.6 Å². The number of para-hydroxylation sites is 1. The maximum Gasteiger partial charge on any atom is 0.164 e. The van der Waals surface area contributed by atoms with Gasteiger partial charge in [0.25, 0.3) is 0 Å². The Balaban J connectivity index is 1.20. The molecular weight excluding hydrogens is 655 g/mol. The van der Waals surface area contributed by atoms with E-state index in [9.17, 15) is 0 Å². The van der Waals surface area contributed by atoms with Crippen molar-refractivity contribution in [3.8, 4) is 45.3 Å². The monoisotopic (exact) mass is 681 g/mol. The molecule has 0 aliphatic rings. The number of nitrogens with zero attached hydrogens (tertiary/aromatic N) is 3. The highest BCUT2D eigenvalue weighted by Crippen LogP contribution is 2.43. The molecule has 0 spiro atoms. The van der Waals surface area contributed by atoms with Crippen LogP contribution in [0.3, 0.4) is 0 Å². The fraction of sp³-hybridized carbons (Fsp3) is 0. The Morgan fingerprint density at radius 1 is 0.385 bits per heavy atom. The Hall–Kier alpha value is -6.69. The standard InChI is InChI=1S/C47H27N3OS/c1-3-12-30-26-32(22-20-28(30)10-1)34-24-25-38(43-35-14-5-7-17-39(35)51-44(34)43)47-49-45(33-23-21-29-11-2-4-13-31(29)27-33)48-46(50-47)37-16-9-19-41-42(37)36-15-6-8-18-40(36)52-41/h1-27H. The van der Waals surface area contributed by atoms with Crippen molar-refractivity contribution in [2.45, 2.75) is 0 Å². The Labute approximate surface area is 302 Å². The Morgan fingerprint density at radius 2 is 0.962 bits per heavy atom. The van der Waals surface area contributed by atoms with Crippen LogP contribution in [0, 0.1) is 0 Å². The van der Waals surface area contributed by atoms with Crippen molar-refractivity contribution in [3.05, 3.63) is 164 Å². The van der Waals surface area contributed by atoms with Crippen LogP contribution in [0.1, 0.15) is 0 Å². The van der Waals surface area contributed by atoms with Crippen LogP contribution < -0.4 is 0 Å². The average Bonchev–Trinajstić information content (AvgIpc) is 3.79. The highest BCUT2D eigenvalue weighted by atomic mass is 32.1. The van der Waals surface area contributed by atoms with E-state index in [-0.39, 0.29) is 0 Å². The molecule has 0 unspecified atom stereocenters. The molecule has 0 amide bonds. The van der Waals surface area contributed by atoms with E-state index in [2.05, 4.69) is 152 Å². The summed E-state index contributed by atoms with van der Waals surface area (Å²) in [6, 6.07) is 57.4. The number of furan rings is 1. The zero-order valence-corrected chi connectivity index (χ0v) is 28.6. The predicted octanol–water partition coefficient (Wildman–Crippen LogP) is 13.1. The van der Waals surface area contributed by atoms with E-state index in [1.54, 1.807) is 11.3 Å². The molecule has 0 N–H and O–H groups in total. The number of rotatable bonds is 4. The molecule has 0 aliphatic carbocycles. The van der Waals surface area contributed by atoms with Gasteiger partial charge in [0.2, 0.25) is 0 Å². The third-order valence-corrected chi connectivity index (χ3v) is 11.3. The van der Waals surface area contributed by atoms with Crippen LogP contribution in [0.4, 0.5) is 0 Å². The predicted molar refractivity (Wildman–Crippen MR) is 217 cm³/mol. The SMILES string of the molecule is c1ccc2cc(-c3nc(-c4cccc5sc6ccccc6c45)nc(-c4ccc(-c5ccc6ccccc6c5)c5oc6ccccc6c45)n3)ccc2c1. The highest BCUT2D eigenvalue weighted by Gasteiger charge is 2.22. The largest absolute Gasteiger partial charge is 0.455 e. The lowest BCUT2D eigenvalue weighted by atomic mass is 9.96. The molecule has 4 nitrogen and oxygen atoms in total. The molecule has 0 aliphatic heterocycles. The number of thiophene rings is 1. The second-order valence-corrected chi connectivity index (χ2v) is 14.3. The number of hydrogen-bond acceptors (Lipinski definition) is 5. The molecule has 0 atom stereocenters. The van der Waals surface area contributed by atoms with E-state index in [1.165, 1.54) is 30.9 Å². The number of hydrogen-bond donors (Lipinski definition) is 0. The zero-order chi connectivity index (χ0) is 34.2. The van der Waals surface area contributed by atoms with E-state index in [0.717, 1.165) is 60.5 Å². The van der Waals surface area contributed by atoms with Crippen molar-refractivity contribution in [1.82, 2.24) is 15.0 Å². The summed E-state index contributed by atoms with van der Waals surface area (Å²) in [5.74, 6) is 1.87.